The molecule has 0 saturated heterocycles. The van der Waals surface area contributed by atoms with Gasteiger partial charge in [-0.05, 0) is 25.1 Å². The number of ether oxygens (including phenoxy) is 1. The monoisotopic (exact) mass is 251 g/mol. The zero-order chi connectivity index (χ0) is 13.4. The highest BCUT2D eigenvalue weighted by atomic mass is 16.5. The number of hydrogen-bond acceptors (Lipinski definition) is 4. The fourth-order valence-corrected chi connectivity index (χ4v) is 1.71. The summed E-state index contributed by atoms with van der Waals surface area (Å²) in [6, 6.07) is 7.66. The van der Waals surface area contributed by atoms with Crippen LogP contribution >= 0.6 is 0 Å². The number of para-hydroxylation sites is 2. The molecular formula is C13H21N3O2. The number of nitrogens with zero attached hydrogens (tertiary/aromatic N) is 1. The topological polar surface area (TPSA) is 67.6 Å². The highest BCUT2D eigenvalue weighted by Gasteiger charge is 2.13. The second-order valence-corrected chi connectivity index (χ2v) is 3.91. The highest BCUT2D eigenvalue weighted by molar-refractivity contribution is 5.81. The van der Waals surface area contributed by atoms with Crippen LogP contribution in [0.5, 0.6) is 5.75 Å². The van der Waals surface area contributed by atoms with E-state index >= 15 is 0 Å². The first-order valence-electron chi connectivity index (χ1n) is 6.01. The average Bonchev–Trinajstić information content (AvgIpc) is 2.43. The van der Waals surface area contributed by atoms with Gasteiger partial charge in [0.05, 0.1) is 19.3 Å². The lowest BCUT2D eigenvalue weighted by molar-refractivity contribution is -0.119. The Hall–Kier alpha value is -1.75. The zero-order valence-electron chi connectivity index (χ0n) is 11.0. The maximum atomic E-state index is 11.5. The van der Waals surface area contributed by atoms with Crippen molar-refractivity contribution in [2.75, 3.05) is 38.7 Å². The van der Waals surface area contributed by atoms with Crippen LogP contribution in [0.3, 0.4) is 0 Å². The van der Waals surface area contributed by atoms with Gasteiger partial charge in [0.1, 0.15) is 5.75 Å². The van der Waals surface area contributed by atoms with Crippen molar-refractivity contribution in [3.05, 3.63) is 24.3 Å². The molecule has 3 N–H and O–H groups in total. The molecule has 5 nitrogen and oxygen atoms in total. The van der Waals surface area contributed by atoms with E-state index in [2.05, 4.69) is 5.32 Å². The number of likely N-dealkylation sites (N-methyl/N-ethyl adjacent to an activating group) is 1. The molecule has 0 bridgehead atoms. The van der Waals surface area contributed by atoms with Gasteiger partial charge in [0.2, 0.25) is 5.91 Å². The summed E-state index contributed by atoms with van der Waals surface area (Å²) >= 11 is 0. The van der Waals surface area contributed by atoms with Crippen molar-refractivity contribution in [1.82, 2.24) is 5.32 Å². The summed E-state index contributed by atoms with van der Waals surface area (Å²) in [5.74, 6) is 0.733. The maximum absolute atomic E-state index is 11.5. The number of carbonyl (C=O) groups excluding carboxylic acids is 1. The SMILES string of the molecule is CNC(=O)CN(CCCN)c1ccccc1OC. The molecule has 18 heavy (non-hydrogen) atoms. The molecule has 0 heterocycles. The lowest BCUT2D eigenvalue weighted by Gasteiger charge is -2.25. The van der Waals surface area contributed by atoms with Crippen molar-refractivity contribution < 1.29 is 9.53 Å². The number of nitrogens with two attached hydrogens (primary N) is 1. The first-order chi connectivity index (χ1) is 8.72. The predicted octanol–water partition coefficient (Wildman–Crippen LogP) is 0.596. The van der Waals surface area contributed by atoms with E-state index in [-0.39, 0.29) is 5.91 Å². The number of benzene rings is 1. The van der Waals surface area contributed by atoms with Gasteiger partial charge >= 0.3 is 0 Å². The van der Waals surface area contributed by atoms with Gasteiger partial charge in [0.15, 0.2) is 0 Å². The van der Waals surface area contributed by atoms with E-state index in [4.69, 9.17) is 10.5 Å². The molecule has 1 amide bonds. The van der Waals surface area contributed by atoms with E-state index in [1.807, 2.05) is 29.2 Å². The molecule has 100 valence electrons. The third-order valence-corrected chi connectivity index (χ3v) is 2.67. The van der Waals surface area contributed by atoms with Gasteiger partial charge in [-0.2, -0.15) is 0 Å². The van der Waals surface area contributed by atoms with Crippen LogP contribution in [0.1, 0.15) is 6.42 Å². The number of methoxy groups -OCH3 is 1. The highest BCUT2D eigenvalue weighted by Crippen LogP contribution is 2.27. The Morgan fingerprint density at radius 2 is 2.17 bits per heavy atom. The van der Waals surface area contributed by atoms with E-state index in [1.54, 1.807) is 14.2 Å². The van der Waals surface area contributed by atoms with E-state index < -0.39 is 0 Å². The molecule has 0 saturated carbocycles. The van der Waals surface area contributed by atoms with Crippen LogP contribution in [0, 0.1) is 0 Å². The van der Waals surface area contributed by atoms with Crippen molar-refractivity contribution >= 4 is 11.6 Å². The minimum Gasteiger partial charge on any atom is -0.495 e. The van der Waals surface area contributed by atoms with E-state index in [0.29, 0.717) is 13.1 Å². The number of amides is 1. The van der Waals surface area contributed by atoms with Crippen molar-refractivity contribution in [2.24, 2.45) is 5.73 Å². The molecule has 0 radical (unpaired) electrons. The molecule has 0 fully saturated rings. The maximum Gasteiger partial charge on any atom is 0.239 e. The number of nitrogens with one attached hydrogen (secondary N) is 1. The Morgan fingerprint density at radius 1 is 1.44 bits per heavy atom. The smallest absolute Gasteiger partial charge is 0.239 e. The predicted molar refractivity (Wildman–Crippen MR) is 72.9 cm³/mol. The van der Waals surface area contributed by atoms with Gasteiger partial charge in [-0.25, -0.2) is 0 Å². The number of rotatable bonds is 7. The van der Waals surface area contributed by atoms with E-state index in [9.17, 15) is 4.79 Å². The van der Waals surface area contributed by atoms with Crippen LogP contribution in [0.25, 0.3) is 0 Å². The van der Waals surface area contributed by atoms with E-state index in [0.717, 1.165) is 24.4 Å². The molecule has 0 aliphatic carbocycles. The Balaban J connectivity index is 2.89. The molecular weight excluding hydrogens is 230 g/mol. The van der Waals surface area contributed by atoms with Crippen LogP contribution in [0.2, 0.25) is 0 Å². The van der Waals surface area contributed by atoms with Gasteiger partial charge in [-0.15, -0.1) is 0 Å². The quantitative estimate of drug-likeness (QED) is 0.744. The summed E-state index contributed by atoms with van der Waals surface area (Å²) in [6.07, 6.45) is 0.828. The van der Waals surface area contributed by atoms with E-state index in [1.165, 1.54) is 0 Å². The molecule has 0 unspecified atom stereocenters. The molecule has 0 aliphatic rings. The second kappa shape index (κ2) is 7.55. The minimum absolute atomic E-state index is 0.0297. The summed E-state index contributed by atoms with van der Waals surface area (Å²) in [5, 5.41) is 2.63. The van der Waals surface area contributed by atoms with Crippen molar-refractivity contribution in [3.63, 3.8) is 0 Å². The summed E-state index contributed by atoms with van der Waals surface area (Å²) < 4.78 is 5.32. The first-order valence-corrected chi connectivity index (χ1v) is 6.01. The molecule has 1 rings (SSSR count). The average molecular weight is 251 g/mol. The first kappa shape index (κ1) is 14.3. The van der Waals surface area contributed by atoms with Crippen LogP contribution in [-0.4, -0.2) is 39.7 Å². The summed E-state index contributed by atoms with van der Waals surface area (Å²) in [7, 11) is 3.26. The van der Waals surface area contributed by atoms with Crippen LogP contribution in [0.15, 0.2) is 24.3 Å². The molecule has 5 heteroatoms. The summed E-state index contributed by atoms with van der Waals surface area (Å²) in [4.78, 5) is 13.5. The molecule has 0 aromatic heterocycles. The Morgan fingerprint density at radius 3 is 2.78 bits per heavy atom. The van der Waals surface area contributed by atoms with Gasteiger partial charge < -0.3 is 20.7 Å². The number of hydrogen-bond donors (Lipinski definition) is 2. The van der Waals surface area contributed by atoms with Crippen molar-refractivity contribution in [1.29, 1.82) is 0 Å². The fourth-order valence-electron chi connectivity index (χ4n) is 1.71. The van der Waals surface area contributed by atoms with Gasteiger partial charge in [-0.1, -0.05) is 12.1 Å². The molecule has 1 aromatic rings. The normalized spacial score (nSPS) is 9.94. The second-order valence-electron chi connectivity index (χ2n) is 3.91. The van der Waals surface area contributed by atoms with Gasteiger partial charge in [0.25, 0.3) is 0 Å². The van der Waals surface area contributed by atoms with Crippen molar-refractivity contribution in [3.8, 4) is 5.75 Å². The third-order valence-electron chi connectivity index (χ3n) is 2.67. The summed E-state index contributed by atoms with van der Waals surface area (Å²) in [6.45, 7) is 1.63. The fraction of sp³-hybridized carbons (Fsp3) is 0.462. The number of anilines is 1. The lowest BCUT2D eigenvalue weighted by atomic mass is 10.2. The Kier molecular flexibility index (Phi) is 6.00. The van der Waals surface area contributed by atoms with Crippen LogP contribution in [-0.2, 0) is 4.79 Å². The lowest BCUT2D eigenvalue weighted by Crippen LogP contribution is -2.37. The van der Waals surface area contributed by atoms with Gasteiger partial charge in [-0.3, -0.25) is 4.79 Å². The standard InChI is InChI=1S/C13H21N3O2/c1-15-13(17)10-16(9-5-8-14)11-6-3-4-7-12(11)18-2/h3-4,6-7H,5,8-10,14H2,1-2H3,(H,15,17). The summed E-state index contributed by atoms with van der Waals surface area (Å²) in [5.41, 5.74) is 6.44. The Bertz CT molecular complexity index is 382. The van der Waals surface area contributed by atoms with Crippen LogP contribution in [0.4, 0.5) is 5.69 Å². The Labute approximate surface area is 108 Å². The van der Waals surface area contributed by atoms with Gasteiger partial charge in [0, 0.05) is 13.6 Å². The largest absolute Gasteiger partial charge is 0.495 e. The van der Waals surface area contributed by atoms with Crippen molar-refractivity contribution in [2.45, 2.75) is 6.42 Å². The molecule has 0 spiro atoms. The minimum atomic E-state index is -0.0297. The number of carbonyl (C=O) groups is 1. The molecule has 0 aliphatic heterocycles. The zero-order valence-corrected chi connectivity index (χ0v) is 11.0. The molecule has 0 atom stereocenters. The molecule has 1 aromatic carbocycles. The van der Waals surface area contributed by atoms with Crippen LogP contribution < -0.4 is 20.7 Å². The third kappa shape index (κ3) is 3.92.